The predicted octanol–water partition coefficient (Wildman–Crippen LogP) is 4.39. The van der Waals surface area contributed by atoms with Gasteiger partial charge in [0.25, 0.3) is 0 Å². The molecule has 0 aliphatic rings. The van der Waals surface area contributed by atoms with E-state index in [-0.39, 0.29) is 0 Å². The third-order valence-electron chi connectivity index (χ3n) is 2.87. The summed E-state index contributed by atoms with van der Waals surface area (Å²) < 4.78 is 6.21. The Kier molecular flexibility index (Phi) is 4.86. The van der Waals surface area contributed by atoms with E-state index in [0.29, 0.717) is 17.2 Å². The van der Waals surface area contributed by atoms with Gasteiger partial charge >= 0.3 is 0 Å². The van der Waals surface area contributed by atoms with Gasteiger partial charge in [-0.05, 0) is 29.8 Å². The maximum absolute atomic E-state index is 10.3. The van der Waals surface area contributed by atoms with Crippen molar-refractivity contribution in [1.29, 1.82) is 0 Å². The van der Waals surface area contributed by atoms with Crippen LogP contribution in [-0.4, -0.2) is 12.2 Å². The Morgan fingerprint density at radius 3 is 2.74 bits per heavy atom. The van der Waals surface area contributed by atoms with Crippen molar-refractivity contribution in [2.75, 3.05) is 7.11 Å². The zero-order valence-corrected chi connectivity index (χ0v) is 12.8. The van der Waals surface area contributed by atoms with E-state index in [2.05, 4.69) is 15.9 Å². The summed E-state index contributed by atoms with van der Waals surface area (Å²) in [6, 6.07) is 13.1. The molecule has 0 aromatic heterocycles. The van der Waals surface area contributed by atoms with Crippen molar-refractivity contribution in [3.8, 4) is 5.75 Å². The molecule has 2 nitrogen and oxygen atoms in total. The molecular formula is C15H14BrClO2. The molecule has 0 heterocycles. The summed E-state index contributed by atoms with van der Waals surface area (Å²) in [4.78, 5) is 0. The minimum atomic E-state index is -0.624. The number of methoxy groups -OCH3 is 1. The van der Waals surface area contributed by atoms with Gasteiger partial charge in [0.2, 0.25) is 0 Å². The number of aliphatic hydroxyl groups is 1. The van der Waals surface area contributed by atoms with Crippen molar-refractivity contribution in [3.63, 3.8) is 0 Å². The highest BCUT2D eigenvalue weighted by Crippen LogP contribution is 2.30. The van der Waals surface area contributed by atoms with Crippen molar-refractivity contribution in [2.45, 2.75) is 12.5 Å². The van der Waals surface area contributed by atoms with Crippen LogP contribution in [0.15, 0.2) is 46.9 Å². The second-order valence-corrected chi connectivity index (χ2v) is 5.59. The molecule has 0 spiro atoms. The highest BCUT2D eigenvalue weighted by molar-refractivity contribution is 9.10. The Hall–Kier alpha value is -1.03. The SMILES string of the molecule is COc1cc(Br)ccc1C(O)Cc1cccc(Cl)c1. The monoisotopic (exact) mass is 340 g/mol. The average Bonchev–Trinajstić information content (AvgIpc) is 2.38. The molecule has 1 unspecified atom stereocenters. The Morgan fingerprint density at radius 1 is 1.26 bits per heavy atom. The summed E-state index contributed by atoms with van der Waals surface area (Å²) in [5.41, 5.74) is 1.76. The molecular weight excluding hydrogens is 328 g/mol. The topological polar surface area (TPSA) is 29.5 Å². The maximum atomic E-state index is 10.3. The van der Waals surface area contributed by atoms with Crippen LogP contribution < -0.4 is 4.74 Å². The number of ether oxygens (including phenoxy) is 1. The smallest absolute Gasteiger partial charge is 0.125 e. The van der Waals surface area contributed by atoms with Crippen LogP contribution in [-0.2, 0) is 6.42 Å². The third-order valence-corrected chi connectivity index (χ3v) is 3.60. The lowest BCUT2D eigenvalue weighted by atomic mass is 10.0. The van der Waals surface area contributed by atoms with Crippen LogP contribution in [0.4, 0.5) is 0 Å². The van der Waals surface area contributed by atoms with Gasteiger partial charge in [-0.15, -0.1) is 0 Å². The number of halogens is 2. The minimum absolute atomic E-state index is 0.499. The van der Waals surface area contributed by atoms with Gasteiger partial charge in [0.05, 0.1) is 13.2 Å². The Bertz CT molecular complexity index is 572. The molecule has 0 aliphatic carbocycles. The fourth-order valence-electron chi connectivity index (χ4n) is 1.96. The molecule has 0 aliphatic heterocycles. The summed E-state index contributed by atoms with van der Waals surface area (Å²) in [5.74, 6) is 0.670. The van der Waals surface area contributed by atoms with Crippen molar-refractivity contribution in [2.24, 2.45) is 0 Å². The van der Waals surface area contributed by atoms with Crippen LogP contribution in [0.2, 0.25) is 5.02 Å². The lowest BCUT2D eigenvalue weighted by Gasteiger charge is -2.15. The Morgan fingerprint density at radius 2 is 2.05 bits per heavy atom. The van der Waals surface area contributed by atoms with Gasteiger partial charge < -0.3 is 9.84 Å². The molecule has 1 atom stereocenters. The largest absolute Gasteiger partial charge is 0.496 e. The summed E-state index contributed by atoms with van der Waals surface area (Å²) >= 11 is 9.32. The second kappa shape index (κ2) is 6.42. The normalized spacial score (nSPS) is 12.2. The van der Waals surface area contributed by atoms with E-state index in [1.807, 2.05) is 42.5 Å². The van der Waals surface area contributed by atoms with Crippen LogP contribution in [0.1, 0.15) is 17.2 Å². The molecule has 2 rings (SSSR count). The number of benzene rings is 2. The van der Waals surface area contributed by atoms with E-state index in [1.54, 1.807) is 7.11 Å². The molecule has 100 valence electrons. The molecule has 4 heteroatoms. The van der Waals surface area contributed by atoms with Gasteiger partial charge in [-0.25, -0.2) is 0 Å². The van der Waals surface area contributed by atoms with Crippen molar-refractivity contribution in [3.05, 3.63) is 63.1 Å². The third kappa shape index (κ3) is 3.72. The first kappa shape index (κ1) is 14.4. The zero-order valence-electron chi connectivity index (χ0n) is 10.4. The zero-order chi connectivity index (χ0) is 13.8. The minimum Gasteiger partial charge on any atom is -0.496 e. The maximum Gasteiger partial charge on any atom is 0.125 e. The van der Waals surface area contributed by atoms with Crippen LogP contribution >= 0.6 is 27.5 Å². The van der Waals surface area contributed by atoms with Gasteiger partial charge in [-0.2, -0.15) is 0 Å². The van der Waals surface area contributed by atoms with Gasteiger partial charge in [0.15, 0.2) is 0 Å². The summed E-state index contributed by atoms with van der Waals surface area (Å²) in [5, 5.41) is 11.0. The van der Waals surface area contributed by atoms with E-state index < -0.39 is 6.10 Å². The van der Waals surface area contributed by atoms with Crippen LogP contribution in [0.5, 0.6) is 5.75 Å². The fraction of sp³-hybridized carbons (Fsp3) is 0.200. The van der Waals surface area contributed by atoms with Gasteiger partial charge in [0, 0.05) is 21.5 Å². The molecule has 2 aromatic carbocycles. The van der Waals surface area contributed by atoms with Gasteiger partial charge in [-0.1, -0.05) is 45.7 Å². The van der Waals surface area contributed by atoms with Crippen molar-refractivity contribution >= 4 is 27.5 Å². The average molecular weight is 342 g/mol. The fourth-order valence-corrected chi connectivity index (χ4v) is 2.51. The van der Waals surface area contributed by atoms with Crippen molar-refractivity contribution in [1.82, 2.24) is 0 Å². The predicted molar refractivity (Wildman–Crippen MR) is 80.8 cm³/mol. The second-order valence-electron chi connectivity index (χ2n) is 4.24. The highest BCUT2D eigenvalue weighted by atomic mass is 79.9. The first-order valence-corrected chi connectivity index (χ1v) is 7.03. The van der Waals surface area contributed by atoms with Crippen LogP contribution in [0, 0.1) is 0 Å². The highest BCUT2D eigenvalue weighted by Gasteiger charge is 2.14. The summed E-state index contributed by atoms with van der Waals surface area (Å²) in [6.45, 7) is 0. The summed E-state index contributed by atoms with van der Waals surface area (Å²) in [6.07, 6.45) is -0.125. The molecule has 0 fully saturated rings. The van der Waals surface area contributed by atoms with E-state index in [4.69, 9.17) is 16.3 Å². The molecule has 2 aromatic rings. The lowest BCUT2D eigenvalue weighted by molar-refractivity contribution is 0.174. The quantitative estimate of drug-likeness (QED) is 0.894. The van der Waals surface area contributed by atoms with E-state index in [0.717, 1.165) is 15.6 Å². The van der Waals surface area contributed by atoms with E-state index >= 15 is 0 Å². The Balaban J connectivity index is 2.22. The molecule has 0 amide bonds. The number of rotatable bonds is 4. The molecule has 19 heavy (non-hydrogen) atoms. The van der Waals surface area contributed by atoms with Crippen LogP contribution in [0.3, 0.4) is 0 Å². The Labute approximate surface area is 126 Å². The molecule has 1 N–H and O–H groups in total. The first-order chi connectivity index (χ1) is 9.10. The van der Waals surface area contributed by atoms with E-state index in [9.17, 15) is 5.11 Å². The van der Waals surface area contributed by atoms with Gasteiger partial charge in [0.1, 0.15) is 5.75 Å². The van der Waals surface area contributed by atoms with Crippen molar-refractivity contribution < 1.29 is 9.84 Å². The van der Waals surface area contributed by atoms with E-state index in [1.165, 1.54) is 0 Å². The number of hydrogen-bond acceptors (Lipinski definition) is 2. The lowest BCUT2D eigenvalue weighted by Crippen LogP contribution is -2.04. The van der Waals surface area contributed by atoms with Gasteiger partial charge in [-0.3, -0.25) is 0 Å². The number of aliphatic hydroxyl groups excluding tert-OH is 1. The van der Waals surface area contributed by atoms with Crippen LogP contribution in [0.25, 0.3) is 0 Å². The number of hydrogen-bond donors (Lipinski definition) is 1. The molecule has 0 saturated heterocycles. The summed E-state index contributed by atoms with van der Waals surface area (Å²) in [7, 11) is 1.59. The molecule has 0 saturated carbocycles. The first-order valence-electron chi connectivity index (χ1n) is 5.86. The molecule has 0 radical (unpaired) electrons. The standard InChI is InChI=1S/C15H14BrClO2/c1-19-15-9-11(16)5-6-13(15)14(18)8-10-3-2-4-12(17)7-10/h2-7,9,14,18H,8H2,1H3. The molecule has 0 bridgehead atoms.